The van der Waals surface area contributed by atoms with Crippen molar-refractivity contribution in [2.24, 2.45) is 5.73 Å². The number of aromatic hydroxyl groups is 1. The highest BCUT2D eigenvalue weighted by atomic mass is 16.3. The van der Waals surface area contributed by atoms with Crippen LogP contribution in [-0.2, 0) is 0 Å². The number of hydrogen-bond acceptors (Lipinski definition) is 4. The first-order valence-corrected chi connectivity index (χ1v) is 6.30. The van der Waals surface area contributed by atoms with Crippen LogP contribution in [0.4, 0.5) is 5.69 Å². The minimum absolute atomic E-state index is 0.191. The summed E-state index contributed by atoms with van der Waals surface area (Å²) >= 11 is 0. The summed E-state index contributed by atoms with van der Waals surface area (Å²) in [5, 5.41) is 19.8. The molecule has 4 nitrogen and oxygen atoms in total. The minimum Gasteiger partial charge on any atom is -0.508 e. The average Bonchev–Trinajstić information content (AvgIpc) is 2.24. The Morgan fingerprint density at radius 1 is 1.39 bits per heavy atom. The third kappa shape index (κ3) is 3.89. The fraction of sp³-hybridized carbons (Fsp3) is 0.571. The molecule has 0 heterocycles. The molecule has 1 aromatic carbocycles. The average molecular weight is 252 g/mol. The van der Waals surface area contributed by atoms with Gasteiger partial charge in [-0.1, -0.05) is 6.07 Å². The van der Waals surface area contributed by atoms with Crippen LogP contribution >= 0.6 is 0 Å². The van der Waals surface area contributed by atoms with Crippen LogP contribution in [0.2, 0.25) is 0 Å². The number of phenols is 1. The molecule has 1 aromatic rings. The van der Waals surface area contributed by atoms with Crippen molar-refractivity contribution in [1.82, 2.24) is 0 Å². The van der Waals surface area contributed by atoms with E-state index >= 15 is 0 Å². The highest BCUT2D eigenvalue weighted by Crippen LogP contribution is 2.28. The Kier molecular flexibility index (Phi) is 4.59. The molecule has 0 radical (unpaired) electrons. The normalized spacial score (nSPS) is 13.4. The van der Waals surface area contributed by atoms with Crippen LogP contribution in [-0.4, -0.2) is 28.9 Å². The Morgan fingerprint density at radius 2 is 2.00 bits per heavy atom. The first kappa shape index (κ1) is 14.8. The van der Waals surface area contributed by atoms with Crippen LogP contribution in [0.1, 0.15) is 39.3 Å². The lowest BCUT2D eigenvalue weighted by molar-refractivity contribution is 0.0876. The summed E-state index contributed by atoms with van der Waals surface area (Å²) in [6.07, 6.45) is 0. The maximum absolute atomic E-state index is 9.94. The third-order valence-electron chi connectivity index (χ3n) is 2.83. The second-order valence-electron chi connectivity index (χ2n) is 5.36. The SMILES string of the molecule is CCN(CC(C)(C)O)c1ccc(C(C)N)c(O)c1. The van der Waals surface area contributed by atoms with Crippen LogP contribution in [0.25, 0.3) is 0 Å². The summed E-state index contributed by atoms with van der Waals surface area (Å²) in [5.74, 6) is 0.205. The van der Waals surface area contributed by atoms with Gasteiger partial charge in [-0.2, -0.15) is 0 Å². The van der Waals surface area contributed by atoms with Crippen molar-refractivity contribution in [2.45, 2.75) is 39.3 Å². The molecule has 1 unspecified atom stereocenters. The number of nitrogens with two attached hydrogens (primary N) is 1. The monoisotopic (exact) mass is 252 g/mol. The summed E-state index contributed by atoms with van der Waals surface area (Å²) in [4.78, 5) is 2.02. The number of hydrogen-bond donors (Lipinski definition) is 3. The van der Waals surface area contributed by atoms with E-state index in [1.54, 1.807) is 19.9 Å². The van der Waals surface area contributed by atoms with Crippen LogP contribution < -0.4 is 10.6 Å². The molecule has 1 atom stereocenters. The van der Waals surface area contributed by atoms with Crippen molar-refractivity contribution in [3.05, 3.63) is 23.8 Å². The summed E-state index contributed by atoms with van der Waals surface area (Å²) in [5.41, 5.74) is 6.61. The lowest BCUT2D eigenvalue weighted by atomic mass is 10.1. The Morgan fingerprint density at radius 3 is 2.39 bits per heavy atom. The van der Waals surface area contributed by atoms with Crippen molar-refractivity contribution in [2.75, 3.05) is 18.0 Å². The highest BCUT2D eigenvalue weighted by molar-refractivity contribution is 5.54. The van der Waals surface area contributed by atoms with Gasteiger partial charge in [-0.15, -0.1) is 0 Å². The molecule has 0 aromatic heterocycles. The maximum Gasteiger partial charge on any atom is 0.122 e. The molecule has 0 fully saturated rings. The molecule has 0 spiro atoms. The van der Waals surface area contributed by atoms with Crippen molar-refractivity contribution >= 4 is 5.69 Å². The number of anilines is 1. The van der Waals surface area contributed by atoms with Crippen molar-refractivity contribution in [3.8, 4) is 5.75 Å². The minimum atomic E-state index is -0.772. The van der Waals surface area contributed by atoms with E-state index in [0.717, 1.165) is 17.8 Å². The van der Waals surface area contributed by atoms with Gasteiger partial charge >= 0.3 is 0 Å². The molecular formula is C14H24N2O2. The predicted octanol–water partition coefficient (Wildman–Crippen LogP) is 2.01. The van der Waals surface area contributed by atoms with Gasteiger partial charge in [0.05, 0.1) is 5.60 Å². The Labute approximate surface area is 109 Å². The molecule has 102 valence electrons. The molecule has 18 heavy (non-hydrogen) atoms. The lowest BCUT2D eigenvalue weighted by Gasteiger charge is -2.30. The molecule has 0 aliphatic rings. The lowest BCUT2D eigenvalue weighted by Crippen LogP contribution is -2.38. The highest BCUT2D eigenvalue weighted by Gasteiger charge is 2.18. The fourth-order valence-corrected chi connectivity index (χ4v) is 1.97. The van der Waals surface area contributed by atoms with E-state index in [4.69, 9.17) is 5.73 Å². The number of benzene rings is 1. The van der Waals surface area contributed by atoms with E-state index in [1.807, 2.05) is 30.9 Å². The van der Waals surface area contributed by atoms with E-state index in [2.05, 4.69) is 0 Å². The first-order chi connectivity index (χ1) is 8.24. The number of rotatable bonds is 5. The molecule has 1 rings (SSSR count). The fourth-order valence-electron chi connectivity index (χ4n) is 1.97. The summed E-state index contributed by atoms with van der Waals surface area (Å²) in [6.45, 7) is 8.67. The van der Waals surface area contributed by atoms with E-state index < -0.39 is 5.60 Å². The Bertz CT molecular complexity index is 397. The molecule has 4 heteroatoms. The van der Waals surface area contributed by atoms with Gasteiger partial charge in [-0.25, -0.2) is 0 Å². The van der Waals surface area contributed by atoms with Crippen LogP contribution in [0.15, 0.2) is 18.2 Å². The zero-order valence-electron chi connectivity index (χ0n) is 11.6. The number of nitrogens with zero attached hydrogens (tertiary/aromatic N) is 1. The van der Waals surface area contributed by atoms with Gasteiger partial charge in [-0.05, 0) is 33.8 Å². The van der Waals surface area contributed by atoms with Crippen LogP contribution in [0, 0.1) is 0 Å². The second-order valence-corrected chi connectivity index (χ2v) is 5.36. The van der Waals surface area contributed by atoms with Crippen molar-refractivity contribution in [1.29, 1.82) is 0 Å². The predicted molar refractivity (Wildman–Crippen MR) is 74.9 cm³/mol. The third-order valence-corrected chi connectivity index (χ3v) is 2.83. The van der Waals surface area contributed by atoms with E-state index in [-0.39, 0.29) is 11.8 Å². The number of aliphatic hydroxyl groups is 1. The molecule has 0 amide bonds. The largest absolute Gasteiger partial charge is 0.508 e. The van der Waals surface area contributed by atoms with Gasteiger partial charge in [0.2, 0.25) is 0 Å². The Balaban J connectivity index is 2.98. The van der Waals surface area contributed by atoms with Gasteiger partial charge in [0, 0.05) is 36.4 Å². The summed E-state index contributed by atoms with van der Waals surface area (Å²) in [7, 11) is 0. The zero-order chi connectivity index (χ0) is 13.9. The van der Waals surface area contributed by atoms with E-state index in [0.29, 0.717) is 6.54 Å². The zero-order valence-corrected chi connectivity index (χ0v) is 11.6. The first-order valence-electron chi connectivity index (χ1n) is 6.30. The molecule has 0 bridgehead atoms. The topological polar surface area (TPSA) is 69.7 Å². The summed E-state index contributed by atoms with van der Waals surface area (Å²) in [6, 6.07) is 5.27. The smallest absolute Gasteiger partial charge is 0.122 e. The van der Waals surface area contributed by atoms with Gasteiger partial charge in [-0.3, -0.25) is 0 Å². The number of likely N-dealkylation sites (N-methyl/N-ethyl adjacent to an activating group) is 1. The quantitative estimate of drug-likeness (QED) is 0.749. The Hall–Kier alpha value is -1.26. The molecule has 0 aliphatic carbocycles. The second kappa shape index (κ2) is 5.59. The van der Waals surface area contributed by atoms with Crippen molar-refractivity contribution < 1.29 is 10.2 Å². The molecular weight excluding hydrogens is 228 g/mol. The standard InChI is InChI=1S/C14H24N2O2/c1-5-16(9-14(3,4)18)11-6-7-12(10(2)15)13(17)8-11/h6-8,10,17-18H,5,9,15H2,1-4H3. The molecule has 0 saturated heterocycles. The van der Waals surface area contributed by atoms with Gasteiger partial charge in [0.1, 0.15) is 5.75 Å². The molecule has 4 N–H and O–H groups in total. The van der Waals surface area contributed by atoms with Crippen LogP contribution in [0.5, 0.6) is 5.75 Å². The maximum atomic E-state index is 9.94. The van der Waals surface area contributed by atoms with Crippen molar-refractivity contribution in [3.63, 3.8) is 0 Å². The van der Waals surface area contributed by atoms with Crippen LogP contribution in [0.3, 0.4) is 0 Å². The van der Waals surface area contributed by atoms with Gasteiger partial charge in [0.25, 0.3) is 0 Å². The van der Waals surface area contributed by atoms with E-state index in [9.17, 15) is 10.2 Å². The summed E-state index contributed by atoms with van der Waals surface area (Å²) < 4.78 is 0. The van der Waals surface area contributed by atoms with Gasteiger partial charge < -0.3 is 20.8 Å². The molecule has 0 saturated carbocycles. The van der Waals surface area contributed by atoms with Gasteiger partial charge in [0.15, 0.2) is 0 Å². The van der Waals surface area contributed by atoms with E-state index in [1.165, 1.54) is 0 Å². The molecule has 0 aliphatic heterocycles. The number of phenolic OH excluding ortho intramolecular Hbond substituents is 1.